The lowest BCUT2D eigenvalue weighted by Crippen LogP contribution is -2.01. The molecule has 0 fully saturated rings. The quantitative estimate of drug-likeness (QED) is 0.172. The average Bonchev–Trinajstić information content (AvgIpc) is 3.21. The number of hydrogen-bond acceptors (Lipinski definition) is 3. The van der Waals surface area contributed by atoms with Crippen LogP contribution in [0.2, 0.25) is 0 Å². The van der Waals surface area contributed by atoms with E-state index in [-0.39, 0.29) is 0 Å². The first kappa shape index (κ1) is 30.4. The predicted molar refractivity (Wildman–Crippen MR) is 211 cm³/mol. The Morgan fingerprint density at radius 2 is 0.882 bits per heavy atom. The molecular formula is C48H33N3. The van der Waals surface area contributed by atoms with Gasteiger partial charge in [0.05, 0.1) is 11.4 Å². The molecule has 0 aliphatic rings. The van der Waals surface area contributed by atoms with Crippen LogP contribution in [0.5, 0.6) is 0 Å². The summed E-state index contributed by atoms with van der Waals surface area (Å²) in [6.45, 7) is 0. The molecular weight excluding hydrogens is 619 g/mol. The molecule has 0 bridgehead atoms. The van der Waals surface area contributed by atoms with Crippen molar-refractivity contribution in [3.63, 3.8) is 0 Å². The Hall–Kier alpha value is -6.71. The number of hydrogen-bond donors (Lipinski definition) is 0. The summed E-state index contributed by atoms with van der Waals surface area (Å²) in [6, 6.07) is 62.2. The van der Waals surface area contributed by atoms with E-state index >= 15 is 0 Å². The van der Waals surface area contributed by atoms with Gasteiger partial charge >= 0.3 is 0 Å². The maximum Gasteiger partial charge on any atom is 0.134 e. The predicted octanol–water partition coefficient (Wildman–Crippen LogP) is 12.1. The van der Waals surface area contributed by atoms with Crippen molar-refractivity contribution in [2.45, 2.75) is 6.42 Å². The number of aromatic nitrogens is 3. The third kappa shape index (κ3) is 6.29. The number of nitrogens with zero attached hydrogens (tertiary/aromatic N) is 3. The highest BCUT2D eigenvalue weighted by Crippen LogP contribution is 2.32. The van der Waals surface area contributed by atoms with Crippen molar-refractivity contribution in [1.82, 2.24) is 15.0 Å². The van der Waals surface area contributed by atoms with Crippen molar-refractivity contribution in [3.05, 3.63) is 200 Å². The number of fused-ring (bicyclic) bond motifs is 2. The van der Waals surface area contributed by atoms with E-state index in [1.807, 2.05) is 18.5 Å². The highest BCUT2D eigenvalue weighted by molar-refractivity contribution is 5.96. The molecule has 0 unspecified atom stereocenters. The summed E-state index contributed by atoms with van der Waals surface area (Å²) >= 11 is 0. The van der Waals surface area contributed by atoms with Crippen LogP contribution in [-0.2, 0) is 6.42 Å². The molecule has 3 heteroatoms. The molecule has 0 saturated carbocycles. The Labute approximate surface area is 297 Å². The van der Waals surface area contributed by atoms with Crippen LogP contribution in [0.3, 0.4) is 0 Å². The molecule has 51 heavy (non-hydrogen) atoms. The molecule has 0 saturated heterocycles. The Balaban J connectivity index is 1.07. The average molecular weight is 652 g/mol. The monoisotopic (exact) mass is 651 g/mol. The fraction of sp³-hybridized carbons (Fsp3) is 0.0208. The zero-order valence-corrected chi connectivity index (χ0v) is 27.9. The fourth-order valence-electron chi connectivity index (χ4n) is 6.87. The molecule has 9 rings (SSSR count). The van der Waals surface area contributed by atoms with Crippen molar-refractivity contribution < 1.29 is 0 Å². The number of pyridine rings is 1. The van der Waals surface area contributed by atoms with E-state index in [9.17, 15) is 0 Å². The number of rotatable bonds is 7. The summed E-state index contributed by atoms with van der Waals surface area (Å²) < 4.78 is 0. The largest absolute Gasteiger partial charge is 0.263 e. The molecule has 0 atom stereocenters. The second-order valence-corrected chi connectivity index (χ2v) is 12.9. The van der Waals surface area contributed by atoms with Crippen molar-refractivity contribution in [1.29, 1.82) is 0 Å². The number of benzene rings is 7. The van der Waals surface area contributed by atoms with Crippen LogP contribution < -0.4 is 0 Å². The first-order chi connectivity index (χ1) is 25.2. The molecule has 0 spiro atoms. The zero-order chi connectivity index (χ0) is 34.0. The van der Waals surface area contributed by atoms with Crippen LogP contribution >= 0.6 is 0 Å². The lowest BCUT2D eigenvalue weighted by Gasteiger charge is -2.12. The van der Waals surface area contributed by atoms with Crippen molar-refractivity contribution in [2.24, 2.45) is 0 Å². The molecule has 3 nitrogen and oxygen atoms in total. The van der Waals surface area contributed by atoms with Crippen molar-refractivity contribution >= 4 is 21.5 Å². The smallest absolute Gasteiger partial charge is 0.134 e. The summed E-state index contributed by atoms with van der Waals surface area (Å²) in [6.07, 6.45) is 4.49. The van der Waals surface area contributed by atoms with E-state index in [0.29, 0.717) is 6.42 Å². The fourth-order valence-corrected chi connectivity index (χ4v) is 6.87. The Bertz CT molecular complexity index is 2620. The zero-order valence-electron chi connectivity index (χ0n) is 27.9. The van der Waals surface area contributed by atoms with Gasteiger partial charge in [-0.2, -0.15) is 0 Å². The Morgan fingerprint density at radius 3 is 1.61 bits per heavy atom. The van der Waals surface area contributed by atoms with Crippen LogP contribution in [0.4, 0.5) is 0 Å². The summed E-state index contributed by atoms with van der Waals surface area (Å²) in [5.74, 6) is 0.788. The molecule has 240 valence electrons. The first-order valence-corrected chi connectivity index (χ1v) is 17.3. The summed E-state index contributed by atoms with van der Waals surface area (Å²) in [5, 5.41) is 4.81. The van der Waals surface area contributed by atoms with Gasteiger partial charge in [0.15, 0.2) is 0 Å². The minimum Gasteiger partial charge on any atom is -0.263 e. The van der Waals surface area contributed by atoms with Gasteiger partial charge in [-0.3, -0.25) is 4.98 Å². The SMILES string of the molecule is c1ccc(-c2ccc(Cc3nc(-c4ccc(-c5ccc6ccccc6c5)cc4)cc(-c4ccc(-c5cncc6ccccc56)cc4)n3)cc2)cc1. The van der Waals surface area contributed by atoms with Crippen molar-refractivity contribution in [3.8, 4) is 55.9 Å². The van der Waals surface area contributed by atoms with Gasteiger partial charge in [-0.15, -0.1) is 0 Å². The molecule has 0 radical (unpaired) electrons. The van der Waals surface area contributed by atoms with Gasteiger partial charge in [-0.25, -0.2) is 9.97 Å². The molecule has 0 aliphatic carbocycles. The van der Waals surface area contributed by atoms with E-state index in [1.165, 1.54) is 44.0 Å². The van der Waals surface area contributed by atoms with E-state index < -0.39 is 0 Å². The third-order valence-electron chi connectivity index (χ3n) is 9.62. The Kier molecular flexibility index (Phi) is 7.92. The normalized spacial score (nSPS) is 11.2. The van der Waals surface area contributed by atoms with E-state index in [4.69, 9.17) is 9.97 Å². The third-order valence-corrected chi connectivity index (χ3v) is 9.62. The summed E-state index contributed by atoms with van der Waals surface area (Å²) in [4.78, 5) is 14.8. The van der Waals surface area contributed by atoms with Gasteiger partial charge in [0.2, 0.25) is 0 Å². The van der Waals surface area contributed by atoms with E-state index in [1.54, 1.807) is 0 Å². The standard InChI is InChI=1S/C48H33N3/c1-2-8-34(9-3-1)36-16-14-33(15-17-36)28-48-50-46(39-23-18-37(19-24-39)42-27-20-35-10-4-5-11-41(35)29-42)30-47(51-48)40-25-21-38(22-26-40)45-32-49-31-43-12-6-7-13-44(43)45/h1-27,29-32H,28H2. The van der Waals surface area contributed by atoms with Crippen molar-refractivity contribution in [2.75, 3.05) is 0 Å². The summed E-state index contributed by atoms with van der Waals surface area (Å²) in [7, 11) is 0. The maximum atomic E-state index is 5.13. The van der Waals surface area contributed by atoms with Gasteiger partial charge in [-0.05, 0) is 61.7 Å². The minimum atomic E-state index is 0.630. The topological polar surface area (TPSA) is 38.7 Å². The molecule has 2 heterocycles. The molecule has 0 aliphatic heterocycles. The minimum absolute atomic E-state index is 0.630. The molecule has 0 amide bonds. The lowest BCUT2D eigenvalue weighted by molar-refractivity contribution is 0.976. The summed E-state index contributed by atoms with van der Waals surface area (Å²) in [5.41, 5.74) is 12.1. The maximum absolute atomic E-state index is 5.13. The van der Waals surface area contributed by atoms with Crippen LogP contribution in [0.1, 0.15) is 11.4 Å². The molecule has 0 N–H and O–H groups in total. The molecule has 9 aromatic rings. The first-order valence-electron chi connectivity index (χ1n) is 17.3. The van der Waals surface area contributed by atoms with Gasteiger partial charge in [0, 0.05) is 40.9 Å². The van der Waals surface area contributed by atoms with Crippen LogP contribution in [-0.4, -0.2) is 15.0 Å². The highest BCUT2D eigenvalue weighted by Gasteiger charge is 2.12. The highest BCUT2D eigenvalue weighted by atomic mass is 14.9. The Morgan fingerprint density at radius 1 is 0.353 bits per heavy atom. The van der Waals surface area contributed by atoms with E-state index in [2.05, 4.69) is 175 Å². The second-order valence-electron chi connectivity index (χ2n) is 12.9. The van der Waals surface area contributed by atoms with Crippen LogP contribution in [0.15, 0.2) is 188 Å². The molecule has 7 aromatic carbocycles. The van der Waals surface area contributed by atoms with Gasteiger partial charge in [-0.1, -0.05) is 164 Å². The van der Waals surface area contributed by atoms with Gasteiger partial charge in [0.1, 0.15) is 5.82 Å². The van der Waals surface area contributed by atoms with Gasteiger partial charge in [0.25, 0.3) is 0 Å². The van der Waals surface area contributed by atoms with Crippen LogP contribution in [0, 0.1) is 0 Å². The van der Waals surface area contributed by atoms with Crippen LogP contribution in [0.25, 0.3) is 77.4 Å². The molecule has 2 aromatic heterocycles. The van der Waals surface area contributed by atoms with Gasteiger partial charge < -0.3 is 0 Å². The van der Waals surface area contributed by atoms with E-state index in [0.717, 1.165) is 44.9 Å². The second kappa shape index (κ2) is 13.3. The lowest BCUT2D eigenvalue weighted by atomic mass is 9.98.